The van der Waals surface area contributed by atoms with E-state index >= 15 is 0 Å². The Morgan fingerprint density at radius 3 is 2.68 bits per heavy atom. The highest BCUT2D eigenvalue weighted by Crippen LogP contribution is 2.22. The van der Waals surface area contributed by atoms with Gasteiger partial charge in [-0.05, 0) is 30.2 Å². The lowest BCUT2D eigenvalue weighted by Crippen LogP contribution is -2.34. The van der Waals surface area contributed by atoms with Crippen molar-refractivity contribution in [3.05, 3.63) is 81.8 Å². The molecule has 0 atom stereocenters. The van der Waals surface area contributed by atoms with Crippen LogP contribution in [-0.2, 0) is 29.4 Å². The number of fused-ring (bicyclic) bond motifs is 1. The summed E-state index contributed by atoms with van der Waals surface area (Å²) >= 11 is 0. The molecule has 0 saturated heterocycles. The van der Waals surface area contributed by atoms with Gasteiger partial charge in [0.2, 0.25) is 16.0 Å². The van der Waals surface area contributed by atoms with Crippen molar-refractivity contribution >= 4 is 16.0 Å². The lowest BCUT2D eigenvalue weighted by Gasteiger charge is -2.20. The molecule has 0 bridgehead atoms. The van der Waals surface area contributed by atoms with Crippen molar-refractivity contribution in [3.8, 4) is 0 Å². The number of rotatable bonds is 5. The molecule has 0 saturated carbocycles. The summed E-state index contributed by atoms with van der Waals surface area (Å²) in [5, 5.41) is 0. The summed E-state index contributed by atoms with van der Waals surface area (Å²) in [4.78, 5) is 25.6. The van der Waals surface area contributed by atoms with Crippen LogP contribution in [0.1, 0.15) is 16.8 Å². The van der Waals surface area contributed by atoms with Crippen molar-refractivity contribution in [2.24, 2.45) is 0 Å². The molecule has 0 fully saturated rings. The van der Waals surface area contributed by atoms with E-state index in [2.05, 4.69) is 15.0 Å². The van der Waals surface area contributed by atoms with Crippen LogP contribution < -0.4 is 10.5 Å². The van der Waals surface area contributed by atoms with Crippen LogP contribution >= 0.6 is 0 Å². The van der Waals surface area contributed by atoms with Crippen LogP contribution in [0.3, 0.4) is 0 Å². The van der Waals surface area contributed by atoms with Crippen molar-refractivity contribution in [3.63, 3.8) is 0 Å². The summed E-state index contributed by atoms with van der Waals surface area (Å²) in [7, 11) is -2.20. The minimum absolute atomic E-state index is 0.0826. The Balaban J connectivity index is 1.58. The zero-order valence-electron chi connectivity index (χ0n) is 17.0. The maximum absolute atomic E-state index is 14.1. The van der Waals surface area contributed by atoms with Crippen LogP contribution in [0, 0.1) is 5.82 Å². The fourth-order valence-electron chi connectivity index (χ4n) is 3.63. The number of aromatic nitrogens is 3. The average molecular weight is 444 g/mol. The summed E-state index contributed by atoms with van der Waals surface area (Å²) in [6, 6.07) is 9.06. The molecule has 0 radical (unpaired) electrons. The Hall–Kier alpha value is -3.11. The van der Waals surface area contributed by atoms with Crippen LogP contribution in [-0.4, -0.2) is 47.8 Å². The summed E-state index contributed by atoms with van der Waals surface area (Å²) in [5.74, 6) is -0.391. The molecule has 3 heterocycles. The summed E-state index contributed by atoms with van der Waals surface area (Å²) in [6.45, 7) is 0.703. The fraction of sp³-hybridized carbons (Fsp3) is 0.286. The second kappa shape index (κ2) is 8.56. The molecule has 1 aromatic carbocycles. The first-order valence-electron chi connectivity index (χ1n) is 9.83. The predicted molar refractivity (Wildman–Crippen MR) is 114 cm³/mol. The number of anilines is 1. The van der Waals surface area contributed by atoms with Crippen molar-refractivity contribution in [1.82, 2.24) is 19.3 Å². The monoisotopic (exact) mass is 443 g/mol. The molecule has 3 aromatic rings. The first-order valence-corrected chi connectivity index (χ1v) is 11.3. The van der Waals surface area contributed by atoms with E-state index in [4.69, 9.17) is 0 Å². The number of nitrogens with one attached hydrogen (secondary N) is 1. The second-order valence-electron chi connectivity index (χ2n) is 7.37. The van der Waals surface area contributed by atoms with Gasteiger partial charge in [0.1, 0.15) is 10.7 Å². The van der Waals surface area contributed by atoms with Crippen molar-refractivity contribution in [2.75, 3.05) is 25.0 Å². The molecule has 4 rings (SSSR count). The third-order valence-electron chi connectivity index (χ3n) is 5.26. The van der Waals surface area contributed by atoms with Crippen molar-refractivity contribution in [1.29, 1.82) is 0 Å². The van der Waals surface area contributed by atoms with Gasteiger partial charge in [0.15, 0.2) is 0 Å². The number of hydrogen-bond acceptors (Lipinski definition) is 6. The van der Waals surface area contributed by atoms with Gasteiger partial charge in [0, 0.05) is 51.1 Å². The average Bonchev–Trinajstić information content (AvgIpc) is 2.98. The van der Waals surface area contributed by atoms with Gasteiger partial charge in [-0.1, -0.05) is 18.2 Å². The zero-order valence-corrected chi connectivity index (χ0v) is 17.8. The Labute approximate surface area is 179 Å². The number of H-pyrrole nitrogens is 1. The minimum Gasteiger partial charge on any atom is -0.341 e. The van der Waals surface area contributed by atoms with Crippen LogP contribution in [0.4, 0.5) is 10.3 Å². The van der Waals surface area contributed by atoms with Gasteiger partial charge in [-0.15, -0.1) is 0 Å². The molecular weight excluding hydrogens is 421 g/mol. The zero-order chi connectivity index (χ0) is 22.0. The molecule has 31 heavy (non-hydrogen) atoms. The molecule has 0 amide bonds. The van der Waals surface area contributed by atoms with Gasteiger partial charge in [0.05, 0.1) is 5.69 Å². The highest BCUT2D eigenvalue weighted by atomic mass is 32.2. The maximum atomic E-state index is 14.1. The Bertz CT molecular complexity index is 1250. The molecule has 0 unspecified atom stereocenters. The minimum atomic E-state index is -4.01. The van der Waals surface area contributed by atoms with Gasteiger partial charge >= 0.3 is 0 Å². The fourth-order valence-corrected chi connectivity index (χ4v) is 5.14. The standard InChI is InChI=1S/C21H22FN5O3S/c1-26(14-15-5-4-10-23-13-15)21-24-18-9-12-27(11-8-16(18)20(28)25-21)31(29,30)19-7-3-2-6-17(19)22/h2-7,10,13H,8-9,11-12,14H2,1H3,(H,24,25,28). The van der Waals surface area contributed by atoms with E-state index in [1.165, 1.54) is 22.5 Å². The highest BCUT2D eigenvalue weighted by Gasteiger charge is 2.30. The van der Waals surface area contributed by atoms with Crippen LogP contribution in [0.25, 0.3) is 0 Å². The lowest BCUT2D eigenvalue weighted by atomic mass is 10.1. The number of sulfonamides is 1. The molecule has 8 nitrogen and oxygen atoms in total. The Morgan fingerprint density at radius 2 is 1.94 bits per heavy atom. The Kier molecular flexibility index (Phi) is 5.84. The topological polar surface area (TPSA) is 99.3 Å². The number of aromatic amines is 1. The van der Waals surface area contributed by atoms with Gasteiger partial charge in [-0.2, -0.15) is 4.31 Å². The SMILES string of the molecule is CN(Cc1cccnc1)c1nc2c(c(=O)[nH]1)CCN(S(=O)(=O)c1ccccc1F)CC2. The van der Waals surface area contributed by atoms with E-state index in [0.717, 1.165) is 11.6 Å². The van der Waals surface area contributed by atoms with Crippen LogP contribution in [0.5, 0.6) is 0 Å². The van der Waals surface area contributed by atoms with Gasteiger partial charge in [0.25, 0.3) is 5.56 Å². The molecule has 10 heteroatoms. The van der Waals surface area contributed by atoms with E-state index in [9.17, 15) is 17.6 Å². The molecule has 2 aromatic heterocycles. The third kappa shape index (κ3) is 4.35. The number of nitrogens with zero attached hydrogens (tertiary/aromatic N) is 4. The summed E-state index contributed by atoms with van der Waals surface area (Å²) in [6.07, 6.45) is 3.90. The Morgan fingerprint density at radius 1 is 1.16 bits per heavy atom. The maximum Gasteiger partial charge on any atom is 0.255 e. The number of pyridine rings is 1. The largest absolute Gasteiger partial charge is 0.341 e. The number of halogens is 1. The van der Waals surface area contributed by atoms with Gasteiger partial charge in [-0.25, -0.2) is 17.8 Å². The predicted octanol–water partition coefficient (Wildman–Crippen LogP) is 1.73. The van der Waals surface area contributed by atoms with Gasteiger partial charge < -0.3 is 4.90 Å². The third-order valence-corrected chi connectivity index (χ3v) is 7.19. The van der Waals surface area contributed by atoms with Crippen LogP contribution in [0.2, 0.25) is 0 Å². The normalized spacial score (nSPS) is 14.6. The highest BCUT2D eigenvalue weighted by molar-refractivity contribution is 7.89. The van der Waals surface area contributed by atoms with Crippen molar-refractivity contribution < 1.29 is 12.8 Å². The number of hydrogen-bond donors (Lipinski definition) is 1. The van der Waals surface area contributed by atoms with E-state index in [-0.39, 0.29) is 36.4 Å². The van der Waals surface area contributed by atoms with E-state index in [0.29, 0.717) is 23.8 Å². The number of benzene rings is 1. The first-order chi connectivity index (χ1) is 14.9. The molecule has 162 valence electrons. The van der Waals surface area contributed by atoms with E-state index < -0.39 is 15.8 Å². The molecule has 1 N–H and O–H groups in total. The van der Waals surface area contributed by atoms with Gasteiger partial charge in [-0.3, -0.25) is 14.8 Å². The quantitative estimate of drug-likeness (QED) is 0.645. The molecule has 0 spiro atoms. The van der Waals surface area contributed by atoms with Crippen molar-refractivity contribution in [2.45, 2.75) is 24.3 Å². The molecule has 0 aliphatic carbocycles. The molecule has 1 aliphatic rings. The summed E-state index contributed by atoms with van der Waals surface area (Å²) < 4.78 is 41.2. The lowest BCUT2D eigenvalue weighted by molar-refractivity contribution is 0.422. The second-order valence-corrected chi connectivity index (χ2v) is 9.27. The molecule has 1 aliphatic heterocycles. The van der Waals surface area contributed by atoms with E-state index in [1.54, 1.807) is 17.3 Å². The van der Waals surface area contributed by atoms with Crippen LogP contribution in [0.15, 0.2) is 58.5 Å². The summed E-state index contributed by atoms with van der Waals surface area (Å²) in [5.41, 5.74) is 1.70. The first kappa shape index (κ1) is 21.1. The molecular formula is C21H22FN5O3S. The smallest absolute Gasteiger partial charge is 0.255 e. The van der Waals surface area contributed by atoms with E-state index in [1.807, 2.05) is 19.2 Å².